The van der Waals surface area contributed by atoms with Gasteiger partial charge in [-0.2, -0.15) is 0 Å². The molecular weight excluding hydrogens is 332 g/mol. The molecule has 0 saturated carbocycles. The first kappa shape index (κ1) is 12.7. The van der Waals surface area contributed by atoms with E-state index in [-0.39, 0.29) is 16.3 Å². The molecule has 0 bridgehead atoms. The minimum Gasteiger partial charge on any atom is -0.398 e. The van der Waals surface area contributed by atoms with E-state index in [1.807, 2.05) is 0 Å². The van der Waals surface area contributed by atoms with Crippen LogP contribution in [0.25, 0.3) is 0 Å². The zero-order valence-corrected chi connectivity index (χ0v) is 11.1. The Labute approximate surface area is 102 Å². The van der Waals surface area contributed by atoms with Crippen LogP contribution in [0.1, 0.15) is 13.3 Å². The molecule has 6 heteroatoms. The number of nitrogen functional groups attached to an aromatic ring is 1. The predicted molar refractivity (Wildman–Crippen MR) is 65.9 cm³/mol. The van der Waals surface area contributed by atoms with Gasteiger partial charge in [-0.3, -0.25) is 0 Å². The summed E-state index contributed by atoms with van der Waals surface area (Å²) in [7, 11) is -3.45. The Morgan fingerprint density at radius 3 is 2.60 bits per heavy atom. The van der Waals surface area contributed by atoms with Crippen molar-refractivity contribution in [3.63, 3.8) is 0 Å². The number of hydrogen-bond donors (Lipinski definition) is 1. The monoisotopic (exact) mass is 343 g/mol. The van der Waals surface area contributed by atoms with E-state index < -0.39 is 15.7 Å². The van der Waals surface area contributed by atoms with E-state index in [4.69, 9.17) is 5.73 Å². The van der Waals surface area contributed by atoms with E-state index in [1.165, 1.54) is 6.07 Å². The summed E-state index contributed by atoms with van der Waals surface area (Å²) in [5.41, 5.74) is 5.66. The fraction of sp³-hybridized carbons (Fsp3) is 0.333. The Kier molecular flexibility index (Phi) is 3.93. The Morgan fingerprint density at radius 1 is 1.47 bits per heavy atom. The summed E-state index contributed by atoms with van der Waals surface area (Å²) in [6, 6.07) is 2.32. The molecule has 0 heterocycles. The van der Waals surface area contributed by atoms with Crippen LogP contribution in [-0.4, -0.2) is 14.2 Å². The number of anilines is 1. The van der Waals surface area contributed by atoms with Gasteiger partial charge >= 0.3 is 0 Å². The summed E-state index contributed by atoms with van der Waals surface area (Å²) in [4.78, 5) is -0.109. The van der Waals surface area contributed by atoms with Gasteiger partial charge in [0.1, 0.15) is 5.82 Å². The molecular formula is C9H11FINO2S. The summed E-state index contributed by atoms with van der Waals surface area (Å²) < 4.78 is 36.9. The van der Waals surface area contributed by atoms with E-state index in [2.05, 4.69) is 0 Å². The molecule has 84 valence electrons. The van der Waals surface area contributed by atoms with Crippen molar-refractivity contribution in [3.8, 4) is 0 Å². The maximum absolute atomic E-state index is 13.2. The summed E-state index contributed by atoms with van der Waals surface area (Å²) in [6.07, 6.45) is 0.482. The first-order valence-electron chi connectivity index (χ1n) is 4.35. The quantitative estimate of drug-likeness (QED) is 0.676. The maximum Gasteiger partial charge on any atom is 0.180 e. The molecule has 3 nitrogen and oxygen atoms in total. The van der Waals surface area contributed by atoms with Gasteiger partial charge in [0, 0.05) is 0 Å². The molecule has 1 aromatic rings. The Morgan fingerprint density at radius 2 is 2.07 bits per heavy atom. The van der Waals surface area contributed by atoms with Gasteiger partial charge in [0.15, 0.2) is 9.84 Å². The van der Waals surface area contributed by atoms with Crippen LogP contribution in [0.2, 0.25) is 0 Å². The highest BCUT2D eigenvalue weighted by Crippen LogP contribution is 2.24. The standard InChI is InChI=1S/C9H11FINO2S/c1-2-3-15(13,14)9-4-6(10)7(11)5-8(9)12/h4-5H,2-3,12H2,1H3. The van der Waals surface area contributed by atoms with Crippen LogP contribution in [0.15, 0.2) is 17.0 Å². The van der Waals surface area contributed by atoms with Crippen LogP contribution in [0.5, 0.6) is 0 Å². The topological polar surface area (TPSA) is 60.2 Å². The number of rotatable bonds is 3. The molecule has 1 aromatic carbocycles. The molecule has 2 N–H and O–H groups in total. The van der Waals surface area contributed by atoms with Gasteiger partial charge in [-0.1, -0.05) is 6.92 Å². The third-order valence-electron chi connectivity index (χ3n) is 1.86. The molecule has 0 atom stereocenters. The van der Waals surface area contributed by atoms with Crippen LogP contribution < -0.4 is 5.73 Å². The van der Waals surface area contributed by atoms with Gasteiger partial charge in [0.2, 0.25) is 0 Å². The molecule has 0 aliphatic rings. The number of halogens is 2. The van der Waals surface area contributed by atoms with E-state index in [1.54, 1.807) is 29.5 Å². The maximum atomic E-state index is 13.2. The average molecular weight is 343 g/mol. The summed E-state index contributed by atoms with van der Waals surface area (Å²) in [5.74, 6) is -0.573. The molecule has 0 radical (unpaired) electrons. The van der Waals surface area contributed by atoms with E-state index in [0.717, 1.165) is 6.07 Å². The van der Waals surface area contributed by atoms with Crippen molar-refractivity contribution in [1.29, 1.82) is 0 Å². The van der Waals surface area contributed by atoms with Gasteiger partial charge < -0.3 is 5.73 Å². The van der Waals surface area contributed by atoms with Crippen molar-refractivity contribution >= 4 is 38.1 Å². The fourth-order valence-electron chi connectivity index (χ4n) is 1.19. The summed E-state index contributed by atoms with van der Waals surface area (Å²) in [6.45, 7) is 1.75. The van der Waals surface area contributed by atoms with Crippen molar-refractivity contribution in [3.05, 3.63) is 21.5 Å². The molecule has 0 saturated heterocycles. The highest BCUT2D eigenvalue weighted by atomic mass is 127. The lowest BCUT2D eigenvalue weighted by atomic mass is 10.3. The zero-order valence-electron chi connectivity index (χ0n) is 8.13. The third-order valence-corrected chi connectivity index (χ3v) is 4.66. The smallest absolute Gasteiger partial charge is 0.180 e. The Bertz CT molecular complexity index is 473. The van der Waals surface area contributed by atoms with Crippen molar-refractivity contribution in [2.45, 2.75) is 18.2 Å². The number of sulfone groups is 1. The normalized spacial score (nSPS) is 11.7. The number of hydrogen-bond acceptors (Lipinski definition) is 3. The molecule has 0 unspecified atom stereocenters. The van der Waals surface area contributed by atoms with Crippen molar-refractivity contribution in [2.75, 3.05) is 11.5 Å². The highest BCUT2D eigenvalue weighted by molar-refractivity contribution is 14.1. The second-order valence-corrected chi connectivity index (χ2v) is 6.36. The Balaban J connectivity index is 3.33. The van der Waals surface area contributed by atoms with Crippen LogP contribution in [0.3, 0.4) is 0 Å². The largest absolute Gasteiger partial charge is 0.398 e. The van der Waals surface area contributed by atoms with E-state index >= 15 is 0 Å². The van der Waals surface area contributed by atoms with Gasteiger partial charge in [0.05, 0.1) is 19.9 Å². The first-order valence-corrected chi connectivity index (χ1v) is 7.09. The van der Waals surface area contributed by atoms with Crippen LogP contribution in [0.4, 0.5) is 10.1 Å². The lowest BCUT2D eigenvalue weighted by Crippen LogP contribution is -2.09. The molecule has 15 heavy (non-hydrogen) atoms. The number of nitrogens with two attached hydrogens (primary N) is 1. The highest BCUT2D eigenvalue weighted by Gasteiger charge is 2.18. The molecule has 1 rings (SSSR count). The van der Waals surface area contributed by atoms with E-state index in [0.29, 0.717) is 9.99 Å². The third kappa shape index (κ3) is 2.81. The lowest BCUT2D eigenvalue weighted by molar-refractivity contribution is 0.589. The molecule has 0 aliphatic heterocycles. The first-order chi connectivity index (χ1) is 6.88. The summed E-state index contributed by atoms with van der Waals surface area (Å²) >= 11 is 1.77. The van der Waals surface area contributed by atoms with Gasteiger partial charge in [-0.15, -0.1) is 0 Å². The molecule has 0 spiro atoms. The second kappa shape index (κ2) is 4.65. The predicted octanol–water partition coefficient (Wildman–Crippen LogP) is 2.20. The minimum atomic E-state index is -3.45. The van der Waals surface area contributed by atoms with Crippen LogP contribution in [0, 0.1) is 9.39 Å². The van der Waals surface area contributed by atoms with Crippen molar-refractivity contribution in [2.24, 2.45) is 0 Å². The molecule has 0 aromatic heterocycles. The average Bonchev–Trinajstić information content (AvgIpc) is 2.11. The zero-order chi connectivity index (χ0) is 11.6. The van der Waals surface area contributed by atoms with Gasteiger partial charge in [-0.05, 0) is 41.1 Å². The minimum absolute atomic E-state index is 0.0166. The Hall–Kier alpha value is -0.370. The molecule has 0 aliphatic carbocycles. The van der Waals surface area contributed by atoms with Crippen molar-refractivity contribution < 1.29 is 12.8 Å². The molecule has 0 fully saturated rings. The lowest BCUT2D eigenvalue weighted by Gasteiger charge is -2.07. The SMILES string of the molecule is CCCS(=O)(=O)c1cc(F)c(I)cc1N. The van der Waals surface area contributed by atoms with Crippen LogP contribution >= 0.6 is 22.6 Å². The molecule has 0 amide bonds. The van der Waals surface area contributed by atoms with Gasteiger partial charge in [-0.25, -0.2) is 12.8 Å². The van der Waals surface area contributed by atoms with Crippen molar-refractivity contribution in [1.82, 2.24) is 0 Å². The number of benzene rings is 1. The fourth-order valence-corrected chi connectivity index (χ4v) is 3.14. The van der Waals surface area contributed by atoms with E-state index in [9.17, 15) is 12.8 Å². The van der Waals surface area contributed by atoms with Gasteiger partial charge in [0.25, 0.3) is 0 Å². The second-order valence-electron chi connectivity index (χ2n) is 3.12. The van der Waals surface area contributed by atoms with Crippen LogP contribution in [-0.2, 0) is 9.84 Å². The summed E-state index contributed by atoms with van der Waals surface area (Å²) in [5, 5.41) is 0.